The largest absolute Gasteiger partial charge is 0.481 e. The van der Waals surface area contributed by atoms with E-state index < -0.39 is 11.4 Å². The fourth-order valence-corrected chi connectivity index (χ4v) is 12.9. The summed E-state index contributed by atoms with van der Waals surface area (Å²) in [5.74, 6) is 0.858. The molecule has 1 aromatic rings. The molecule has 0 saturated heterocycles. The van der Waals surface area contributed by atoms with Crippen LogP contribution in [0.2, 0.25) is 0 Å². The third kappa shape index (κ3) is 5.28. The highest BCUT2D eigenvalue weighted by atomic mass is 16.5. The SMILES string of the molecule is C=C(C)[C@@H]1CC[C@]2(C(=O)O)CC[C@]3(C)[C@H](CC[C@@H]4[C@@]5(C)CC[C@H](OC(=O)CCC(=O)NCc6cccnc6)C(C)(C)[C@@H]5CC[C@]43C)[C@@H]12. The van der Waals surface area contributed by atoms with Crippen molar-refractivity contribution in [3.63, 3.8) is 0 Å². The number of hydrogen-bond acceptors (Lipinski definition) is 5. The van der Waals surface area contributed by atoms with Crippen molar-refractivity contribution >= 4 is 17.8 Å². The minimum Gasteiger partial charge on any atom is -0.481 e. The van der Waals surface area contributed by atoms with Crippen LogP contribution in [0.15, 0.2) is 36.7 Å². The monoisotopic (exact) mass is 646 g/mol. The van der Waals surface area contributed by atoms with Crippen molar-refractivity contribution in [1.29, 1.82) is 0 Å². The molecule has 47 heavy (non-hydrogen) atoms. The molecular formula is C40H58N2O5. The molecule has 0 radical (unpaired) electrons. The lowest BCUT2D eigenvalue weighted by atomic mass is 9.32. The van der Waals surface area contributed by atoms with Crippen molar-refractivity contribution in [1.82, 2.24) is 10.3 Å². The average molecular weight is 647 g/mol. The Balaban J connectivity index is 1.14. The van der Waals surface area contributed by atoms with Crippen LogP contribution in [-0.4, -0.2) is 34.0 Å². The van der Waals surface area contributed by atoms with Gasteiger partial charge in [-0.05, 0) is 129 Å². The summed E-state index contributed by atoms with van der Waals surface area (Å²) in [5.41, 5.74) is 1.68. The normalized spacial score (nSPS) is 41.7. The Bertz CT molecular complexity index is 1410. The summed E-state index contributed by atoms with van der Waals surface area (Å²) in [7, 11) is 0. The predicted octanol–water partition coefficient (Wildman–Crippen LogP) is 8.13. The molecule has 6 rings (SSSR count). The van der Waals surface area contributed by atoms with Gasteiger partial charge in [0.1, 0.15) is 6.10 Å². The minimum absolute atomic E-state index is 0.0814. The van der Waals surface area contributed by atoms with Gasteiger partial charge in [-0.2, -0.15) is 0 Å². The molecule has 7 heteroatoms. The maximum atomic E-state index is 13.1. The highest BCUT2D eigenvalue weighted by Gasteiger charge is 2.72. The van der Waals surface area contributed by atoms with Gasteiger partial charge in [0.25, 0.3) is 0 Å². The Labute approximate surface area is 282 Å². The van der Waals surface area contributed by atoms with Crippen molar-refractivity contribution in [2.45, 2.75) is 131 Å². The zero-order valence-electron chi connectivity index (χ0n) is 29.7. The molecule has 0 spiro atoms. The van der Waals surface area contributed by atoms with Gasteiger partial charge in [0.05, 0.1) is 11.8 Å². The van der Waals surface area contributed by atoms with Crippen LogP contribution in [0.3, 0.4) is 0 Å². The summed E-state index contributed by atoms with van der Waals surface area (Å²) in [6.45, 7) is 19.2. The third-order valence-electron chi connectivity index (χ3n) is 15.5. The number of carbonyl (C=O) groups excluding carboxylic acids is 2. The lowest BCUT2D eigenvalue weighted by Gasteiger charge is -2.72. The molecular weight excluding hydrogens is 588 g/mol. The summed E-state index contributed by atoms with van der Waals surface area (Å²) in [4.78, 5) is 42.6. The molecule has 0 aromatic carbocycles. The van der Waals surface area contributed by atoms with Crippen LogP contribution in [0.5, 0.6) is 0 Å². The second-order valence-electron chi connectivity index (χ2n) is 17.6. The van der Waals surface area contributed by atoms with Crippen LogP contribution >= 0.6 is 0 Å². The summed E-state index contributed by atoms with van der Waals surface area (Å²) in [5, 5.41) is 13.5. The van der Waals surface area contributed by atoms with E-state index in [-0.39, 0.29) is 58.4 Å². The molecule has 5 saturated carbocycles. The first kappa shape index (κ1) is 34.2. The van der Waals surface area contributed by atoms with E-state index in [0.29, 0.717) is 30.2 Å². The standard InChI is InChI=1S/C40H58N2O5/c1-25(2)27-14-19-40(35(45)46)21-20-38(6)28(34(27)40)10-11-30-37(5)17-16-31(36(3,4)29(37)15-18-39(30,38)7)47-33(44)13-12-32(43)42-24-26-9-8-22-41-23-26/h8-9,22-23,27-31,34H,1,10-21,24H2,2-7H3,(H,42,43)(H,45,46)/t27-,28+,29-,30+,31-,34+,37-,38+,39+,40-/m0/s1. The van der Waals surface area contributed by atoms with Crippen LogP contribution in [0.25, 0.3) is 0 Å². The molecule has 0 unspecified atom stereocenters. The van der Waals surface area contributed by atoms with Gasteiger partial charge in [0.15, 0.2) is 0 Å². The van der Waals surface area contributed by atoms with E-state index in [0.717, 1.165) is 69.8 Å². The Morgan fingerprint density at radius 2 is 1.70 bits per heavy atom. The fourth-order valence-electron chi connectivity index (χ4n) is 12.9. The van der Waals surface area contributed by atoms with Crippen LogP contribution in [-0.2, 0) is 25.7 Å². The number of nitrogens with one attached hydrogen (secondary N) is 1. The van der Waals surface area contributed by atoms with Gasteiger partial charge >= 0.3 is 11.9 Å². The molecule has 5 aliphatic rings. The molecule has 2 N–H and O–H groups in total. The predicted molar refractivity (Wildman–Crippen MR) is 182 cm³/mol. The highest BCUT2D eigenvalue weighted by molar-refractivity contribution is 5.81. The first-order valence-corrected chi connectivity index (χ1v) is 18.3. The zero-order chi connectivity index (χ0) is 34.0. The number of carboxylic acid groups (broad SMARTS) is 1. The molecule has 258 valence electrons. The van der Waals surface area contributed by atoms with E-state index in [1.165, 1.54) is 5.57 Å². The second-order valence-corrected chi connectivity index (χ2v) is 17.6. The van der Waals surface area contributed by atoms with Gasteiger partial charge in [-0.1, -0.05) is 52.8 Å². The van der Waals surface area contributed by atoms with E-state index in [2.05, 4.69) is 58.4 Å². The summed E-state index contributed by atoms with van der Waals surface area (Å²) < 4.78 is 6.20. The van der Waals surface area contributed by atoms with Crippen LogP contribution in [0.4, 0.5) is 0 Å². The number of allylic oxidation sites excluding steroid dienone is 1. The van der Waals surface area contributed by atoms with Gasteiger partial charge in [0.2, 0.25) is 5.91 Å². The van der Waals surface area contributed by atoms with Crippen LogP contribution < -0.4 is 5.32 Å². The first-order valence-electron chi connectivity index (χ1n) is 18.3. The lowest BCUT2D eigenvalue weighted by molar-refractivity contribution is -0.250. The van der Waals surface area contributed by atoms with Crippen molar-refractivity contribution < 1.29 is 24.2 Å². The fraction of sp³-hybridized carbons (Fsp3) is 0.750. The number of esters is 1. The smallest absolute Gasteiger partial charge is 0.309 e. The molecule has 0 bridgehead atoms. The molecule has 1 heterocycles. The lowest BCUT2D eigenvalue weighted by Crippen LogP contribution is -2.67. The van der Waals surface area contributed by atoms with Gasteiger partial charge in [-0.15, -0.1) is 0 Å². The maximum Gasteiger partial charge on any atom is 0.309 e. The Kier molecular flexibility index (Phi) is 8.74. The molecule has 5 fully saturated rings. The topological polar surface area (TPSA) is 106 Å². The van der Waals surface area contributed by atoms with Crippen molar-refractivity contribution in [3.8, 4) is 0 Å². The van der Waals surface area contributed by atoms with E-state index in [1.807, 2.05) is 12.1 Å². The number of pyridine rings is 1. The summed E-state index contributed by atoms with van der Waals surface area (Å²) >= 11 is 0. The Morgan fingerprint density at radius 1 is 0.936 bits per heavy atom. The summed E-state index contributed by atoms with van der Waals surface area (Å²) in [6, 6.07) is 3.75. The van der Waals surface area contributed by atoms with E-state index in [9.17, 15) is 19.5 Å². The number of aromatic nitrogens is 1. The molecule has 1 aromatic heterocycles. The Hall–Kier alpha value is -2.70. The van der Waals surface area contributed by atoms with Crippen molar-refractivity contribution in [3.05, 3.63) is 42.2 Å². The minimum atomic E-state index is -0.595. The zero-order valence-corrected chi connectivity index (χ0v) is 29.7. The molecule has 10 atom stereocenters. The average Bonchev–Trinajstić information content (AvgIpc) is 3.43. The number of fused-ring (bicyclic) bond motifs is 7. The van der Waals surface area contributed by atoms with Crippen LogP contribution in [0, 0.1) is 56.7 Å². The molecule has 5 aliphatic carbocycles. The maximum absolute atomic E-state index is 13.1. The van der Waals surface area contributed by atoms with Gasteiger partial charge < -0.3 is 15.2 Å². The number of hydrogen-bond donors (Lipinski definition) is 2. The van der Waals surface area contributed by atoms with Crippen LogP contribution in [0.1, 0.15) is 124 Å². The molecule has 1 amide bonds. The number of rotatable bonds is 8. The quantitative estimate of drug-likeness (QED) is 0.218. The van der Waals surface area contributed by atoms with Gasteiger partial charge in [-0.25, -0.2) is 0 Å². The number of amides is 1. The first-order chi connectivity index (χ1) is 22.1. The van der Waals surface area contributed by atoms with Crippen molar-refractivity contribution in [2.24, 2.45) is 56.7 Å². The van der Waals surface area contributed by atoms with E-state index >= 15 is 0 Å². The van der Waals surface area contributed by atoms with Gasteiger partial charge in [0, 0.05) is 30.8 Å². The number of carboxylic acids is 1. The second kappa shape index (κ2) is 12.0. The van der Waals surface area contributed by atoms with E-state index in [4.69, 9.17) is 4.74 Å². The third-order valence-corrected chi connectivity index (χ3v) is 15.5. The molecule has 7 nitrogen and oxygen atoms in total. The number of nitrogens with zero attached hydrogens (tertiary/aromatic N) is 1. The number of aliphatic carboxylic acids is 1. The number of carbonyl (C=O) groups is 3. The summed E-state index contributed by atoms with van der Waals surface area (Å²) in [6.07, 6.45) is 13.4. The number of ether oxygens (including phenoxy) is 1. The Morgan fingerprint density at radius 3 is 2.38 bits per heavy atom. The van der Waals surface area contributed by atoms with Gasteiger partial charge in [-0.3, -0.25) is 19.4 Å². The van der Waals surface area contributed by atoms with E-state index in [1.54, 1.807) is 12.4 Å². The highest BCUT2D eigenvalue weighted by Crippen LogP contribution is 2.77. The molecule has 0 aliphatic heterocycles. The van der Waals surface area contributed by atoms with Crippen molar-refractivity contribution in [2.75, 3.05) is 0 Å².